The summed E-state index contributed by atoms with van der Waals surface area (Å²) in [5, 5.41) is 20.0. The van der Waals surface area contributed by atoms with Crippen molar-refractivity contribution in [2.75, 3.05) is 6.61 Å². The van der Waals surface area contributed by atoms with E-state index in [0.717, 1.165) is 8.66 Å². The summed E-state index contributed by atoms with van der Waals surface area (Å²) < 4.78 is 0.946. The van der Waals surface area contributed by atoms with Gasteiger partial charge < -0.3 is 10.3 Å². The van der Waals surface area contributed by atoms with E-state index in [0.29, 0.717) is 5.71 Å². The van der Waals surface area contributed by atoms with Gasteiger partial charge in [0.15, 0.2) is 0 Å². The zero-order valence-corrected chi connectivity index (χ0v) is 7.89. The zero-order valence-electron chi connectivity index (χ0n) is 5.49. The van der Waals surface area contributed by atoms with Crippen LogP contribution < -0.4 is 0 Å². The normalized spacial score (nSPS) is 12.0. The van der Waals surface area contributed by atoms with Gasteiger partial charge in [-0.25, -0.2) is 0 Å². The Hall–Kier alpha value is -0.390. The van der Waals surface area contributed by atoms with E-state index in [1.807, 2.05) is 6.07 Å². The molecule has 11 heavy (non-hydrogen) atoms. The molecule has 0 aliphatic rings. The lowest BCUT2D eigenvalue weighted by Gasteiger charge is -1.92. The van der Waals surface area contributed by atoms with E-state index < -0.39 is 0 Å². The highest BCUT2D eigenvalue weighted by atomic mass is 79.9. The molecule has 60 valence electrons. The first kappa shape index (κ1) is 8.70. The summed E-state index contributed by atoms with van der Waals surface area (Å²) in [7, 11) is 0. The molecule has 0 unspecified atom stereocenters. The maximum Gasteiger partial charge on any atom is 0.122 e. The molecule has 2 N–H and O–H groups in total. The van der Waals surface area contributed by atoms with Gasteiger partial charge in [-0.3, -0.25) is 0 Å². The van der Waals surface area contributed by atoms with Crippen molar-refractivity contribution in [1.82, 2.24) is 0 Å². The molecule has 5 heteroatoms. The van der Waals surface area contributed by atoms with E-state index in [-0.39, 0.29) is 6.61 Å². The molecule has 3 nitrogen and oxygen atoms in total. The van der Waals surface area contributed by atoms with Gasteiger partial charge in [0.1, 0.15) is 5.71 Å². The van der Waals surface area contributed by atoms with Crippen LogP contribution in [0.3, 0.4) is 0 Å². The second-order valence-electron chi connectivity index (χ2n) is 1.81. The Morgan fingerprint density at radius 2 is 2.36 bits per heavy atom. The lowest BCUT2D eigenvalue weighted by atomic mass is 10.3. The highest BCUT2D eigenvalue weighted by molar-refractivity contribution is 9.11. The van der Waals surface area contributed by atoms with Crippen LogP contribution in [0.5, 0.6) is 0 Å². The first-order valence-corrected chi connectivity index (χ1v) is 4.46. The second-order valence-corrected chi connectivity index (χ2v) is 4.27. The average molecular weight is 236 g/mol. The minimum atomic E-state index is -0.247. The van der Waals surface area contributed by atoms with Gasteiger partial charge in [0, 0.05) is 0 Å². The van der Waals surface area contributed by atoms with Crippen LogP contribution in [-0.2, 0) is 0 Å². The fourth-order valence-electron chi connectivity index (χ4n) is 0.628. The molecule has 0 spiro atoms. The molecular weight excluding hydrogens is 230 g/mol. The number of rotatable bonds is 2. The van der Waals surface area contributed by atoms with E-state index in [9.17, 15) is 0 Å². The van der Waals surface area contributed by atoms with Crippen LogP contribution in [0.15, 0.2) is 21.1 Å². The minimum absolute atomic E-state index is 0.247. The van der Waals surface area contributed by atoms with Crippen molar-refractivity contribution in [2.24, 2.45) is 5.16 Å². The smallest absolute Gasteiger partial charge is 0.122 e. The topological polar surface area (TPSA) is 52.8 Å². The largest absolute Gasteiger partial charge is 0.411 e. The number of hydrogen-bond donors (Lipinski definition) is 2. The molecule has 0 saturated heterocycles. The van der Waals surface area contributed by atoms with Crippen molar-refractivity contribution in [1.29, 1.82) is 0 Å². The Balaban J connectivity index is 2.91. The lowest BCUT2D eigenvalue weighted by Crippen LogP contribution is -2.03. The van der Waals surface area contributed by atoms with Gasteiger partial charge >= 0.3 is 0 Å². The molecule has 1 rings (SSSR count). The summed E-state index contributed by atoms with van der Waals surface area (Å²) in [6.45, 7) is -0.247. The van der Waals surface area contributed by atoms with Crippen molar-refractivity contribution in [3.8, 4) is 0 Å². The molecule has 0 amide bonds. The monoisotopic (exact) mass is 235 g/mol. The second kappa shape index (κ2) is 3.85. The van der Waals surface area contributed by atoms with E-state index in [2.05, 4.69) is 21.1 Å². The molecular formula is C6H6BrNO2S. The number of oxime groups is 1. The average Bonchev–Trinajstić information content (AvgIpc) is 2.39. The molecule has 0 fully saturated rings. The number of aliphatic hydroxyl groups is 1. The van der Waals surface area contributed by atoms with Crippen LogP contribution in [-0.4, -0.2) is 22.6 Å². The lowest BCUT2D eigenvalue weighted by molar-refractivity contribution is 0.304. The Labute approximate surface area is 76.1 Å². The molecule has 0 saturated carbocycles. The van der Waals surface area contributed by atoms with E-state index in [1.54, 1.807) is 6.07 Å². The van der Waals surface area contributed by atoms with Crippen LogP contribution in [0.25, 0.3) is 0 Å². The van der Waals surface area contributed by atoms with Crippen molar-refractivity contribution in [3.05, 3.63) is 20.8 Å². The highest BCUT2D eigenvalue weighted by Gasteiger charge is 2.04. The maximum absolute atomic E-state index is 8.69. The summed E-state index contributed by atoms with van der Waals surface area (Å²) in [6, 6.07) is 3.61. The third-order valence-corrected chi connectivity index (χ3v) is 2.80. The fraction of sp³-hybridized carbons (Fsp3) is 0.167. The van der Waals surface area contributed by atoms with Crippen LogP contribution >= 0.6 is 27.3 Å². The molecule has 0 bridgehead atoms. The first-order valence-electron chi connectivity index (χ1n) is 2.85. The van der Waals surface area contributed by atoms with Crippen LogP contribution in [0.1, 0.15) is 4.88 Å². The Kier molecular flexibility index (Phi) is 3.04. The Morgan fingerprint density at radius 1 is 1.64 bits per heavy atom. The number of thiophene rings is 1. The summed E-state index contributed by atoms with van der Waals surface area (Å²) in [5.74, 6) is 0. The molecule has 1 heterocycles. The summed E-state index contributed by atoms with van der Waals surface area (Å²) in [6.07, 6.45) is 0. The van der Waals surface area contributed by atoms with Crippen molar-refractivity contribution < 1.29 is 10.3 Å². The predicted molar refractivity (Wildman–Crippen MR) is 47.4 cm³/mol. The minimum Gasteiger partial charge on any atom is -0.411 e. The van der Waals surface area contributed by atoms with Gasteiger partial charge in [-0.1, -0.05) is 5.16 Å². The summed E-state index contributed by atoms with van der Waals surface area (Å²) >= 11 is 4.67. The Morgan fingerprint density at radius 3 is 2.73 bits per heavy atom. The van der Waals surface area contributed by atoms with Crippen molar-refractivity contribution in [3.63, 3.8) is 0 Å². The zero-order chi connectivity index (χ0) is 8.27. The van der Waals surface area contributed by atoms with Crippen molar-refractivity contribution >= 4 is 33.0 Å². The van der Waals surface area contributed by atoms with Gasteiger partial charge in [0.05, 0.1) is 15.3 Å². The van der Waals surface area contributed by atoms with E-state index >= 15 is 0 Å². The molecule has 0 radical (unpaired) electrons. The third-order valence-electron chi connectivity index (χ3n) is 1.13. The van der Waals surface area contributed by atoms with Crippen LogP contribution in [0.2, 0.25) is 0 Å². The van der Waals surface area contributed by atoms with Crippen LogP contribution in [0, 0.1) is 0 Å². The van der Waals surface area contributed by atoms with Gasteiger partial charge in [-0.15, -0.1) is 11.3 Å². The summed E-state index contributed by atoms with van der Waals surface area (Å²) in [4.78, 5) is 0.766. The summed E-state index contributed by atoms with van der Waals surface area (Å²) in [5.41, 5.74) is 0.292. The van der Waals surface area contributed by atoms with E-state index in [4.69, 9.17) is 10.3 Å². The number of nitrogens with zero attached hydrogens (tertiary/aromatic N) is 1. The quantitative estimate of drug-likeness (QED) is 0.466. The first-order chi connectivity index (χ1) is 5.27. The SMILES string of the molecule is OCC(=NO)c1ccc(Br)s1. The van der Waals surface area contributed by atoms with Gasteiger partial charge in [-0.05, 0) is 28.1 Å². The fourth-order valence-corrected chi connectivity index (χ4v) is 1.99. The standard InChI is InChI=1S/C6H6BrNO2S/c7-6-2-1-5(11-6)4(3-9)8-10/h1-2,9-10H,3H2. The number of halogens is 1. The molecule has 1 aromatic heterocycles. The van der Waals surface area contributed by atoms with Crippen molar-refractivity contribution in [2.45, 2.75) is 0 Å². The third kappa shape index (κ3) is 2.02. The predicted octanol–water partition coefficient (Wildman–Crippen LogP) is 1.68. The maximum atomic E-state index is 8.69. The van der Waals surface area contributed by atoms with Gasteiger partial charge in [0.25, 0.3) is 0 Å². The number of hydrogen-bond acceptors (Lipinski definition) is 4. The molecule has 0 aliphatic heterocycles. The highest BCUT2D eigenvalue weighted by Crippen LogP contribution is 2.22. The molecule has 0 aliphatic carbocycles. The van der Waals surface area contributed by atoms with Crippen LogP contribution in [0.4, 0.5) is 0 Å². The van der Waals surface area contributed by atoms with E-state index in [1.165, 1.54) is 11.3 Å². The molecule has 0 atom stereocenters. The van der Waals surface area contributed by atoms with Gasteiger partial charge in [-0.2, -0.15) is 0 Å². The Bertz CT molecular complexity index is 271. The molecule has 0 aromatic carbocycles. The van der Waals surface area contributed by atoms with Gasteiger partial charge in [0.2, 0.25) is 0 Å². The molecule has 1 aromatic rings. The number of aliphatic hydroxyl groups excluding tert-OH is 1.